The van der Waals surface area contributed by atoms with Crippen molar-refractivity contribution in [2.45, 2.75) is 46.1 Å². The Balaban J connectivity index is 1.74. The van der Waals surface area contributed by atoms with Crippen LogP contribution in [0.2, 0.25) is 0 Å². The standard InChI is InChI=1S/C21H27N3O4/c1-5-6-17(25)22-9-11-23(12-10-22)18(26)14-7-8-15-16(13-14)20(28)24(19(15)27)21(2,3)4/h7-8,13H,5-6,9-12H2,1-4H3. The summed E-state index contributed by atoms with van der Waals surface area (Å²) in [5.74, 6) is -0.745. The molecule has 0 unspecified atom stereocenters. The topological polar surface area (TPSA) is 78.0 Å². The Kier molecular flexibility index (Phi) is 5.28. The monoisotopic (exact) mass is 385 g/mol. The summed E-state index contributed by atoms with van der Waals surface area (Å²) in [5.41, 5.74) is 0.386. The number of carbonyl (C=O) groups is 4. The predicted octanol–water partition coefficient (Wildman–Crippen LogP) is 2.17. The van der Waals surface area contributed by atoms with Crippen molar-refractivity contribution in [3.8, 4) is 0 Å². The molecule has 7 heteroatoms. The molecule has 1 saturated heterocycles. The summed E-state index contributed by atoms with van der Waals surface area (Å²) < 4.78 is 0. The summed E-state index contributed by atoms with van der Waals surface area (Å²) >= 11 is 0. The quantitative estimate of drug-likeness (QED) is 0.747. The van der Waals surface area contributed by atoms with E-state index in [4.69, 9.17) is 0 Å². The van der Waals surface area contributed by atoms with Gasteiger partial charge >= 0.3 is 0 Å². The molecule has 150 valence electrons. The highest BCUT2D eigenvalue weighted by molar-refractivity contribution is 6.22. The minimum absolute atomic E-state index is 0.124. The number of fused-ring (bicyclic) bond motifs is 1. The van der Waals surface area contributed by atoms with Gasteiger partial charge in [-0.25, -0.2) is 0 Å². The number of benzene rings is 1. The largest absolute Gasteiger partial charge is 0.339 e. The van der Waals surface area contributed by atoms with Crippen molar-refractivity contribution in [2.24, 2.45) is 0 Å². The van der Waals surface area contributed by atoms with Crippen LogP contribution in [0.5, 0.6) is 0 Å². The number of imide groups is 1. The number of piperazine rings is 1. The number of hydrogen-bond donors (Lipinski definition) is 0. The van der Waals surface area contributed by atoms with E-state index >= 15 is 0 Å². The van der Waals surface area contributed by atoms with E-state index in [1.807, 2.05) is 6.92 Å². The number of carbonyl (C=O) groups excluding carboxylic acids is 4. The van der Waals surface area contributed by atoms with E-state index in [1.54, 1.807) is 42.7 Å². The second kappa shape index (κ2) is 7.37. The van der Waals surface area contributed by atoms with Crippen molar-refractivity contribution >= 4 is 23.6 Å². The van der Waals surface area contributed by atoms with Gasteiger partial charge in [0.25, 0.3) is 17.7 Å². The zero-order valence-corrected chi connectivity index (χ0v) is 16.9. The second-order valence-corrected chi connectivity index (χ2v) is 8.30. The van der Waals surface area contributed by atoms with Gasteiger partial charge in [0.2, 0.25) is 5.91 Å². The summed E-state index contributed by atoms with van der Waals surface area (Å²) in [4.78, 5) is 54.9. The first-order chi connectivity index (χ1) is 13.1. The highest BCUT2D eigenvalue weighted by Gasteiger charge is 2.42. The average molecular weight is 385 g/mol. The molecule has 0 radical (unpaired) electrons. The summed E-state index contributed by atoms with van der Waals surface area (Å²) in [7, 11) is 0. The third-order valence-corrected chi connectivity index (χ3v) is 5.19. The molecule has 0 spiro atoms. The van der Waals surface area contributed by atoms with Crippen LogP contribution in [0.1, 0.15) is 71.6 Å². The number of rotatable bonds is 3. The molecule has 2 aliphatic rings. The molecule has 4 amide bonds. The maximum atomic E-state index is 12.9. The lowest BCUT2D eigenvalue weighted by molar-refractivity contribution is -0.132. The molecule has 0 N–H and O–H groups in total. The van der Waals surface area contributed by atoms with Crippen LogP contribution >= 0.6 is 0 Å². The second-order valence-electron chi connectivity index (χ2n) is 8.30. The molecule has 7 nitrogen and oxygen atoms in total. The minimum Gasteiger partial charge on any atom is -0.339 e. The first kappa shape index (κ1) is 20.0. The lowest BCUT2D eigenvalue weighted by atomic mass is 10.0. The highest BCUT2D eigenvalue weighted by Crippen LogP contribution is 2.30. The van der Waals surface area contributed by atoms with E-state index in [0.717, 1.165) is 6.42 Å². The average Bonchev–Trinajstić information content (AvgIpc) is 2.91. The molecule has 1 aromatic rings. The van der Waals surface area contributed by atoms with Gasteiger partial charge < -0.3 is 9.80 Å². The van der Waals surface area contributed by atoms with Gasteiger partial charge in [0.15, 0.2) is 0 Å². The molecule has 2 aliphatic heterocycles. The normalized spacial score (nSPS) is 17.2. The molecule has 3 rings (SSSR count). The Bertz CT molecular complexity index is 833. The van der Waals surface area contributed by atoms with E-state index in [1.165, 1.54) is 11.0 Å². The molecule has 0 bridgehead atoms. The summed E-state index contributed by atoms with van der Waals surface area (Å²) in [5, 5.41) is 0. The summed E-state index contributed by atoms with van der Waals surface area (Å²) in [6.07, 6.45) is 1.34. The zero-order chi connectivity index (χ0) is 20.6. The first-order valence-corrected chi connectivity index (χ1v) is 9.75. The molecule has 0 atom stereocenters. The van der Waals surface area contributed by atoms with Gasteiger partial charge in [0.1, 0.15) is 0 Å². The van der Waals surface area contributed by atoms with Crippen LogP contribution in [0.4, 0.5) is 0 Å². The van der Waals surface area contributed by atoms with Crippen molar-refractivity contribution in [1.29, 1.82) is 0 Å². The fourth-order valence-corrected chi connectivity index (χ4v) is 3.70. The molecule has 28 heavy (non-hydrogen) atoms. The van der Waals surface area contributed by atoms with Crippen molar-refractivity contribution in [3.63, 3.8) is 0 Å². The molecule has 0 saturated carbocycles. The SMILES string of the molecule is CCCC(=O)N1CCN(C(=O)c2ccc3c(c2)C(=O)N(C(C)(C)C)C3=O)CC1. The van der Waals surface area contributed by atoms with Crippen molar-refractivity contribution in [2.75, 3.05) is 26.2 Å². The third-order valence-electron chi connectivity index (χ3n) is 5.19. The number of nitrogens with zero attached hydrogens (tertiary/aromatic N) is 3. The molecule has 0 aromatic heterocycles. The van der Waals surface area contributed by atoms with Gasteiger partial charge in [-0.15, -0.1) is 0 Å². The van der Waals surface area contributed by atoms with Crippen LogP contribution in [0.3, 0.4) is 0 Å². The molecule has 0 aliphatic carbocycles. The first-order valence-electron chi connectivity index (χ1n) is 9.75. The van der Waals surface area contributed by atoms with Gasteiger partial charge in [0.05, 0.1) is 11.1 Å². The van der Waals surface area contributed by atoms with Gasteiger partial charge in [-0.2, -0.15) is 0 Å². The lowest BCUT2D eigenvalue weighted by Crippen LogP contribution is -2.50. The van der Waals surface area contributed by atoms with Crippen LogP contribution in [0, 0.1) is 0 Å². The lowest BCUT2D eigenvalue weighted by Gasteiger charge is -2.35. The Morgan fingerprint density at radius 1 is 0.929 bits per heavy atom. The Morgan fingerprint density at radius 3 is 2.07 bits per heavy atom. The van der Waals surface area contributed by atoms with Crippen LogP contribution in [-0.4, -0.2) is 70.0 Å². The third kappa shape index (κ3) is 3.53. The van der Waals surface area contributed by atoms with Crippen molar-refractivity contribution in [1.82, 2.24) is 14.7 Å². The fraction of sp³-hybridized carbons (Fsp3) is 0.524. The molecule has 1 fully saturated rings. The Morgan fingerprint density at radius 2 is 1.50 bits per heavy atom. The van der Waals surface area contributed by atoms with E-state index < -0.39 is 5.54 Å². The van der Waals surface area contributed by atoms with E-state index in [2.05, 4.69) is 0 Å². The maximum absolute atomic E-state index is 12.9. The molecule has 2 heterocycles. The van der Waals surface area contributed by atoms with Crippen molar-refractivity contribution < 1.29 is 19.2 Å². The minimum atomic E-state index is -0.626. The molecular weight excluding hydrogens is 358 g/mol. The Hall–Kier alpha value is -2.70. The van der Waals surface area contributed by atoms with E-state index in [0.29, 0.717) is 43.7 Å². The van der Waals surface area contributed by atoms with E-state index in [9.17, 15) is 19.2 Å². The molecular formula is C21H27N3O4. The van der Waals surface area contributed by atoms with Crippen molar-refractivity contribution in [3.05, 3.63) is 34.9 Å². The van der Waals surface area contributed by atoms with Crippen LogP contribution in [0.15, 0.2) is 18.2 Å². The fourth-order valence-electron chi connectivity index (χ4n) is 3.70. The molecule has 1 aromatic carbocycles. The predicted molar refractivity (Wildman–Crippen MR) is 104 cm³/mol. The van der Waals surface area contributed by atoms with Gasteiger partial charge in [-0.1, -0.05) is 6.92 Å². The smallest absolute Gasteiger partial charge is 0.262 e. The summed E-state index contributed by atoms with van der Waals surface area (Å²) in [6.45, 7) is 9.35. The van der Waals surface area contributed by atoms with Crippen LogP contribution < -0.4 is 0 Å². The van der Waals surface area contributed by atoms with Crippen LogP contribution in [-0.2, 0) is 4.79 Å². The highest BCUT2D eigenvalue weighted by atomic mass is 16.2. The van der Waals surface area contributed by atoms with E-state index in [-0.39, 0.29) is 29.2 Å². The van der Waals surface area contributed by atoms with Crippen LogP contribution in [0.25, 0.3) is 0 Å². The number of hydrogen-bond acceptors (Lipinski definition) is 4. The van der Waals surface area contributed by atoms with Gasteiger partial charge in [-0.3, -0.25) is 24.1 Å². The summed E-state index contributed by atoms with van der Waals surface area (Å²) in [6, 6.07) is 4.70. The van der Waals surface area contributed by atoms with Gasteiger partial charge in [-0.05, 0) is 45.4 Å². The Labute approximate surface area is 165 Å². The zero-order valence-electron chi connectivity index (χ0n) is 16.9. The maximum Gasteiger partial charge on any atom is 0.262 e. The number of amides is 4. The van der Waals surface area contributed by atoms with Gasteiger partial charge in [0, 0.05) is 43.7 Å².